The van der Waals surface area contributed by atoms with E-state index in [1.54, 1.807) is 0 Å². The molecule has 1 aliphatic rings. The van der Waals surface area contributed by atoms with Crippen molar-refractivity contribution in [2.45, 2.75) is 32.7 Å². The maximum atomic E-state index is 4.53. The lowest BCUT2D eigenvalue weighted by molar-refractivity contribution is 0.480. The van der Waals surface area contributed by atoms with Crippen molar-refractivity contribution in [3.63, 3.8) is 0 Å². The molecule has 100 valence electrons. The van der Waals surface area contributed by atoms with E-state index < -0.39 is 0 Å². The van der Waals surface area contributed by atoms with Crippen molar-refractivity contribution in [1.29, 1.82) is 0 Å². The van der Waals surface area contributed by atoms with Gasteiger partial charge in [-0.15, -0.1) is 0 Å². The summed E-state index contributed by atoms with van der Waals surface area (Å²) in [6, 6.07) is 4.78. The number of hydrogen-bond acceptors (Lipinski definition) is 4. The molecule has 0 spiro atoms. The molecule has 0 aromatic carbocycles. The summed E-state index contributed by atoms with van der Waals surface area (Å²) in [5, 5.41) is 6.95. The van der Waals surface area contributed by atoms with Crippen LogP contribution in [-0.2, 0) is 0 Å². The van der Waals surface area contributed by atoms with E-state index in [1.807, 2.05) is 6.20 Å². The van der Waals surface area contributed by atoms with Gasteiger partial charge in [-0.2, -0.15) is 0 Å². The molecule has 0 radical (unpaired) electrons. The zero-order valence-electron chi connectivity index (χ0n) is 11.4. The number of hydrogen-bond donors (Lipinski definition) is 2. The number of aromatic nitrogens is 1. The molecule has 2 rings (SSSR count). The predicted molar refractivity (Wildman–Crippen MR) is 77.3 cm³/mol. The molecule has 18 heavy (non-hydrogen) atoms. The summed E-state index contributed by atoms with van der Waals surface area (Å²) >= 11 is 0. The maximum absolute atomic E-state index is 4.53. The van der Waals surface area contributed by atoms with E-state index in [0.717, 1.165) is 37.7 Å². The van der Waals surface area contributed by atoms with Crippen molar-refractivity contribution in [1.82, 2.24) is 10.3 Å². The Kier molecular flexibility index (Phi) is 4.81. The second-order valence-corrected chi connectivity index (χ2v) is 4.76. The Hall–Kier alpha value is -1.29. The second-order valence-electron chi connectivity index (χ2n) is 4.76. The summed E-state index contributed by atoms with van der Waals surface area (Å²) in [5.41, 5.74) is 1.12. The molecule has 1 atom stereocenters. The van der Waals surface area contributed by atoms with Crippen molar-refractivity contribution in [3.05, 3.63) is 18.3 Å². The molecule has 0 saturated carbocycles. The Bertz CT molecular complexity index is 339. The normalized spacial score (nSPS) is 19.6. The Labute approximate surface area is 110 Å². The molecule has 1 unspecified atom stereocenters. The first kappa shape index (κ1) is 13.1. The van der Waals surface area contributed by atoms with Gasteiger partial charge < -0.3 is 15.5 Å². The molecular weight excluding hydrogens is 224 g/mol. The molecule has 1 saturated heterocycles. The van der Waals surface area contributed by atoms with Crippen LogP contribution in [0.2, 0.25) is 0 Å². The van der Waals surface area contributed by atoms with Gasteiger partial charge in [0.15, 0.2) is 0 Å². The number of pyridine rings is 1. The molecule has 1 aromatic rings. The van der Waals surface area contributed by atoms with Crippen molar-refractivity contribution in [2.75, 3.05) is 36.4 Å². The first-order chi connectivity index (χ1) is 8.83. The largest absolute Gasteiger partial charge is 0.380 e. The van der Waals surface area contributed by atoms with Gasteiger partial charge in [0.25, 0.3) is 0 Å². The number of piperidine rings is 1. The fourth-order valence-corrected chi connectivity index (χ4v) is 2.42. The molecule has 0 bridgehead atoms. The van der Waals surface area contributed by atoms with Crippen molar-refractivity contribution < 1.29 is 0 Å². The standard InChI is InChI=1S/C14H24N4/c1-3-18(4-2)14-8-7-13(11-16-14)17-12-6-5-9-15-10-12/h7-8,11-12,15,17H,3-6,9-10H2,1-2H3. The number of rotatable bonds is 5. The van der Waals surface area contributed by atoms with Crippen LogP contribution in [-0.4, -0.2) is 37.2 Å². The number of nitrogens with zero attached hydrogens (tertiary/aromatic N) is 2. The van der Waals surface area contributed by atoms with Crippen LogP contribution in [0.1, 0.15) is 26.7 Å². The van der Waals surface area contributed by atoms with E-state index in [2.05, 4.69) is 46.5 Å². The number of nitrogens with one attached hydrogen (secondary N) is 2. The predicted octanol–water partition coefficient (Wildman–Crippen LogP) is 2.09. The van der Waals surface area contributed by atoms with Crippen LogP contribution in [0.4, 0.5) is 11.5 Å². The van der Waals surface area contributed by atoms with E-state index in [9.17, 15) is 0 Å². The molecule has 4 heteroatoms. The lowest BCUT2D eigenvalue weighted by Crippen LogP contribution is -2.38. The van der Waals surface area contributed by atoms with Gasteiger partial charge in [-0.25, -0.2) is 4.98 Å². The van der Waals surface area contributed by atoms with Gasteiger partial charge in [0.2, 0.25) is 0 Å². The molecule has 2 heterocycles. The third-order valence-corrected chi connectivity index (χ3v) is 3.50. The molecule has 1 fully saturated rings. The lowest BCUT2D eigenvalue weighted by Gasteiger charge is -2.25. The van der Waals surface area contributed by atoms with E-state index in [4.69, 9.17) is 0 Å². The first-order valence-corrected chi connectivity index (χ1v) is 7.01. The fraction of sp³-hybridized carbons (Fsp3) is 0.643. The maximum Gasteiger partial charge on any atom is 0.128 e. The summed E-state index contributed by atoms with van der Waals surface area (Å²) in [7, 11) is 0. The van der Waals surface area contributed by atoms with Gasteiger partial charge in [-0.05, 0) is 45.4 Å². The summed E-state index contributed by atoms with van der Waals surface area (Å²) in [4.78, 5) is 6.79. The zero-order chi connectivity index (χ0) is 12.8. The monoisotopic (exact) mass is 248 g/mol. The van der Waals surface area contributed by atoms with Crippen LogP contribution in [0.15, 0.2) is 18.3 Å². The first-order valence-electron chi connectivity index (χ1n) is 7.01. The Morgan fingerprint density at radius 3 is 2.78 bits per heavy atom. The van der Waals surface area contributed by atoms with Gasteiger partial charge in [0.1, 0.15) is 5.82 Å². The van der Waals surface area contributed by atoms with Crippen molar-refractivity contribution in [2.24, 2.45) is 0 Å². The lowest BCUT2D eigenvalue weighted by atomic mass is 10.1. The van der Waals surface area contributed by atoms with Crippen LogP contribution >= 0.6 is 0 Å². The molecule has 4 nitrogen and oxygen atoms in total. The molecule has 1 aliphatic heterocycles. The summed E-state index contributed by atoms with van der Waals surface area (Å²) in [6.45, 7) is 8.52. The van der Waals surface area contributed by atoms with Crippen LogP contribution in [0.3, 0.4) is 0 Å². The minimum absolute atomic E-state index is 0.542. The summed E-state index contributed by atoms with van der Waals surface area (Å²) < 4.78 is 0. The SMILES string of the molecule is CCN(CC)c1ccc(NC2CCCNC2)cn1. The minimum atomic E-state index is 0.542. The average Bonchev–Trinajstić information content (AvgIpc) is 2.43. The zero-order valence-corrected chi connectivity index (χ0v) is 11.4. The van der Waals surface area contributed by atoms with Crippen LogP contribution < -0.4 is 15.5 Å². The Morgan fingerprint density at radius 2 is 2.22 bits per heavy atom. The van der Waals surface area contributed by atoms with Crippen LogP contribution in [0.5, 0.6) is 0 Å². The molecular formula is C14H24N4. The van der Waals surface area contributed by atoms with Gasteiger partial charge in [0, 0.05) is 25.7 Å². The van der Waals surface area contributed by atoms with E-state index in [-0.39, 0.29) is 0 Å². The van der Waals surface area contributed by atoms with Gasteiger partial charge >= 0.3 is 0 Å². The smallest absolute Gasteiger partial charge is 0.128 e. The van der Waals surface area contributed by atoms with Crippen LogP contribution in [0, 0.1) is 0 Å². The third kappa shape index (κ3) is 3.35. The Balaban J connectivity index is 1.94. The minimum Gasteiger partial charge on any atom is -0.380 e. The molecule has 1 aromatic heterocycles. The van der Waals surface area contributed by atoms with Gasteiger partial charge in [0.05, 0.1) is 11.9 Å². The summed E-state index contributed by atoms with van der Waals surface area (Å²) in [5.74, 6) is 1.06. The highest BCUT2D eigenvalue weighted by molar-refractivity contribution is 5.49. The van der Waals surface area contributed by atoms with Gasteiger partial charge in [-0.3, -0.25) is 0 Å². The quantitative estimate of drug-likeness (QED) is 0.837. The van der Waals surface area contributed by atoms with Crippen LogP contribution in [0.25, 0.3) is 0 Å². The molecule has 2 N–H and O–H groups in total. The van der Waals surface area contributed by atoms with Gasteiger partial charge in [-0.1, -0.05) is 0 Å². The van der Waals surface area contributed by atoms with Crippen molar-refractivity contribution in [3.8, 4) is 0 Å². The molecule has 0 amide bonds. The van der Waals surface area contributed by atoms with Crippen molar-refractivity contribution >= 4 is 11.5 Å². The highest BCUT2D eigenvalue weighted by Crippen LogP contribution is 2.16. The molecule has 0 aliphatic carbocycles. The number of anilines is 2. The second kappa shape index (κ2) is 6.59. The van der Waals surface area contributed by atoms with E-state index >= 15 is 0 Å². The third-order valence-electron chi connectivity index (χ3n) is 3.50. The average molecular weight is 248 g/mol. The highest BCUT2D eigenvalue weighted by Gasteiger charge is 2.12. The van der Waals surface area contributed by atoms with E-state index in [0.29, 0.717) is 6.04 Å². The highest BCUT2D eigenvalue weighted by atomic mass is 15.2. The van der Waals surface area contributed by atoms with E-state index in [1.165, 1.54) is 12.8 Å². The Morgan fingerprint density at radius 1 is 1.39 bits per heavy atom. The topological polar surface area (TPSA) is 40.2 Å². The summed E-state index contributed by atoms with van der Waals surface area (Å²) in [6.07, 6.45) is 4.44. The fourth-order valence-electron chi connectivity index (χ4n) is 2.42.